The van der Waals surface area contributed by atoms with Gasteiger partial charge in [0.05, 0.1) is 15.4 Å². The van der Waals surface area contributed by atoms with E-state index in [2.05, 4.69) is 4.40 Å². The molecule has 1 aromatic carbocycles. The second-order valence-electron chi connectivity index (χ2n) is 4.85. The van der Waals surface area contributed by atoms with Gasteiger partial charge in [-0.05, 0) is 27.7 Å². The summed E-state index contributed by atoms with van der Waals surface area (Å²) < 4.78 is 15.5. The quantitative estimate of drug-likeness (QED) is 0.480. The molecular formula is C12H16N2O3S. The van der Waals surface area contributed by atoms with Crippen molar-refractivity contribution in [2.45, 2.75) is 32.4 Å². The molecule has 6 heteroatoms. The Kier molecular flexibility index (Phi) is 4.34. The fourth-order valence-electron chi connectivity index (χ4n) is 1.16. The van der Waals surface area contributed by atoms with Crippen molar-refractivity contribution in [3.63, 3.8) is 0 Å². The van der Waals surface area contributed by atoms with Gasteiger partial charge in [-0.2, -0.15) is 4.40 Å². The predicted molar refractivity (Wildman–Crippen MR) is 73.2 cm³/mol. The van der Waals surface area contributed by atoms with Crippen molar-refractivity contribution < 1.29 is 9.13 Å². The lowest BCUT2D eigenvalue weighted by atomic mass is 10.1. The number of non-ortho nitro benzene ring substituents is 1. The van der Waals surface area contributed by atoms with Gasteiger partial charge >= 0.3 is 0 Å². The Morgan fingerprint density at radius 2 is 2.00 bits per heavy atom. The lowest BCUT2D eigenvalue weighted by Crippen LogP contribution is -2.20. The number of nitro groups is 1. The van der Waals surface area contributed by atoms with Crippen LogP contribution in [0.4, 0.5) is 5.69 Å². The summed E-state index contributed by atoms with van der Waals surface area (Å²) >= 11 is 0. The second kappa shape index (κ2) is 5.39. The van der Waals surface area contributed by atoms with E-state index >= 15 is 0 Å². The smallest absolute Gasteiger partial charge is 0.258 e. The Hall–Kier alpha value is -1.56. The lowest BCUT2D eigenvalue weighted by molar-refractivity contribution is -0.384. The Labute approximate surface area is 109 Å². The first kappa shape index (κ1) is 14.5. The van der Waals surface area contributed by atoms with E-state index in [1.807, 2.05) is 20.8 Å². The molecule has 0 aromatic heterocycles. The summed E-state index contributed by atoms with van der Waals surface area (Å²) in [5.41, 5.74) is 1.15. The van der Waals surface area contributed by atoms with Crippen LogP contribution in [-0.4, -0.2) is 19.6 Å². The van der Waals surface area contributed by atoms with Crippen LogP contribution in [0.3, 0.4) is 0 Å². The van der Waals surface area contributed by atoms with Gasteiger partial charge in [0.1, 0.15) is 11.0 Å². The molecule has 0 N–H and O–H groups in total. The van der Waals surface area contributed by atoms with E-state index < -0.39 is 20.7 Å². The average molecular weight is 268 g/mol. The predicted octanol–water partition coefficient (Wildman–Crippen LogP) is 2.87. The third-order valence-corrected chi connectivity index (χ3v) is 3.71. The maximum absolute atomic E-state index is 11.9. The van der Waals surface area contributed by atoms with E-state index in [1.54, 1.807) is 19.1 Å². The molecule has 0 aliphatic carbocycles. The number of benzene rings is 1. The average Bonchev–Trinajstić information content (AvgIpc) is 2.27. The summed E-state index contributed by atoms with van der Waals surface area (Å²) in [5, 5.41) is 10.7. The molecule has 0 fully saturated rings. The van der Waals surface area contributed by atoms with E-state index in [-0.39, 0.29) is 5.69 Å². The van der Waals surface area contributed by atoms with Crippen LogP contribution in [0.5, 0.6) is 0 Å². The van der Waals surface area contributed by atoms with Crippen molar-refractivity contribution in [2.24, 2.45) is 4.40 Å². The molecule has 0 aliphatic rings. The van der Waals surface area contributed by atoms with Crippen molar-refractivity contribution in [1.29, 1.82) is 0 Å². The minimum Gasteiger partial charge on any atom is -0.258 e. The first-order valence-electron chi connectivity index (χ1n) is 5.44. The molecule has 0 saturated heterocycles. The molecule has 5 nitrogen and oxygen atoms in total. The summed E-state index contributed by atoms with van der Waals surface area (Å²) in [6, 6.07) is 6.15. The third kappa shape index (κ3) is 3.73. The lowest BCUT2D eigenvalue weighted by Gasteiger charge is -2.14. The van der Waals surface area contributed by atoms with Crippen LogP contribution in [-0.2, 0) is 11.0 Å². The van der Waals surface area contributed by atoms with E-state index in [0.717, 1.165) is 0 Å². The molecule has 0 aliphatic heterocycles. The number of rotatable bonds is 3. The molecule has 1 rings (SSSR count). The van der Waals surface area contributed by atoms with Gasteiger partial charge in [0, 0.05) is 17.7 Å². The van der Waals surface area contributed by atoms with E-state index in [1.165, 1.54) is 12.1 Å². The first-order chi connectivity index (χ1) is 8.21. The first-order valence-corrected chi connectivity index (χ1v) is 6.54. The third-order valence-electron chi connectivity index (χ3n) is 2.22. The van der Waals surface area contributed by atoms with E-state index in [0.29, 0.717) is 11.3 Å². The SMILES string of the molecule is C/C(=N\[S@](=O)C(C)(C)C)c1cccc([N+](=O)[O-])c1. The van der Waals surface area contributed by atoms with Crippen molar-refractivity contribution in [3.05, 3.63) is 39.9 Å². The number of hydrogen-bond acceptors (Lipinski definition) is 3. The van der Waals surface area contributed by atoms with E-state index in [4.69, 9.17) is 0 Å². The highest BCUT2D eigenvalue weighted by Gasteiger charge is 2.19. The topological polar surface area (TPSA) is 72.6 Å². The molecule has 0 spiro atoms. The van der Waals surface area contributed by atoms with Gasteiger partial charge in [-0.15, -0.1) is 0 Å². The molecule has 1 aromatic rings. The number of nitrogens with zero attached hydrogens (tertiary/aromatic N) is 2. The Balaban J connectivity index is 3.08. The van der Waals surface area contributed by atoms with Gasteiger partial charge < -0.3 is 0 Å². The number of nitro benzene ring substituents is 1. The van der Waals surface area contributed by atoms with Crippen LogP contribution in [0.2, 0.25) is 0 Å². The standard InChI is InChI=1S/C12H16N2O3S/c1-9(13-18(17)12(2,3)4)10-6-5-7-11(8-10)14(15)16/h5-8H,1-4H3/b13-9+/t18-/m1/s1. The van der Waals surface area contributed by atoms with Crippen LogP contribution in [0.15, 0.2) is 28.7 Å². The monoisotopic (exact) mass is 268 g/mol. The van der Waals surface area contributed by atoms with Crippen LogP contribution in [0.1, 0.15) is 33.3 Å². The van der Waals surface area contributed by atoms with Gasteiger partial charge in [0.2, 0.25) is 0 Å². The highest BCUT2D eigenvalue weighted by Crippen LogP contribution is 2.17. The Morgan fingerprint density at radius 1 is 1.39 bits per heavy atom. The Bertz CT molecular complexity index is 518. The summed E-state index contributed by atoms with van der Waals surface area (Å²) in [5.74, 6) is 0. The van der Waals surface area contributed by atoms with Crippen molar-refractivity contribution in [3.8, 4) is 0 Å². The van der Waals surface area contributed by atoms with E-state index in [9.17, 15) is 14.3 Å². The molecule has 0 amide bonds. The highest BCUT2D eigenvalue weighted by molar-refractivity contribution is 7.85. The maximum Gasteiger partial charge on any atom is 0.270 e. The molecular weight excluding hydrogens is 252 g/mol. The second-order valence-corrected chi connectivity index (χ2v) is 6.75. The summed E-state index contributed by atoms with van der Waals surface area (Å²) in [6.07, 6.45) is 0. The minimum absolute atomic E-state index is 0.00332. The van der Waals surface area contributed by atoms with Gasteiger partial charge in [-0.25, -0.2) is 4.21 Å². The molecule has 98 valence electrons. The normalized spacial score (nSPS) is 14.3. The van der Waals surface area contributed by atoms with Crippen molar-refractivity contribution in [2.75, 3.05) is 0 Å². The molecule has 18 heavy (non-hydrogen) atoms. The zero-order valence-electron chi connectivity index (χ0n) is 10.8. The largest absolute Gasteiger partial charge is 0.270 e. The summed E-state index contributed by atoms with van der Waals surface area (Å²) in [7, 11) is -1.37. The maximum atomic E-state index is 11.9. The molecule has 0 unspecified atom stereocenters. The summed E-state index contributed by atoms with van der Waals surface area (Å²) in [4.78, 5) is 10.2. The fourth-order valence-corrected chi connectivity index (χ4v) is 1.79. The molecule has 1 atom stereocenters. The van der Waals surface area contributed by atoms with Crippen LogP contribution in [0.25, 0.3) is 0 Å². The minimum atomic E-state index is -1.37. The zero-order chi connectivity index (χ0) is 13.9. The van der Waals surface area contributed by atoms with Gasteiger partial charge in [0.15, 0.2) is 0 Å². The Morgan fingerprint density at radius 3 is 2.50 bits per heavy atom. The van der Waals surface area contributed by atoms with Crippen molar-refractivity contribution in [1.82, 2.24) is 0 Å². The van der Waals surface area contributed by atoms with Gasteiger partial charge in [-0.3, -0.25) is 10.1 Å². The highest BCUT2D eigenvalue weighted by atomic mass is 32.2. The van der Waals surface area contributed by atoms with Crippen molar-refractivity contribution >= 4 is 22.4 Å². The van der Waals surface area contributed by atoms with Crippen LogP contribution in [0, 0.1) is 10.1 Å². The van der Waals surface area contributed by atoms with Gasteiger partial charge in [0.25, 0.3) is 5.69 Å². The summed E-state index contributed by atoms with van der Waals surface area (Å²) in [6.45, 7) is 7.18. The molecule has 0 radical (unpaired) electrons. The number of hydrogen-bond donors (Lipinski definition) is 0. The molecule has 0 saturated carbocycles. The molecule has 0 heterocycles. The fraction of sp³-hybridized carbons (Fsp3) is 0.417. The van der Waals surface area contributed by atoms with Crippen LogP contribution < -0.4 is 0 Å². The molecule has 0 bridgehead atoms. The van der Waals surface area contributed by atoms with Gasteiger partial charge in [-0.1, -0.05) is 12.1 Å². The zero-order valence-corrected chi connectivity index (χ0v) is 11.7. The van der Waals surface area contributed by atoms with Crippen LogP contribution >= 0.6 is 0 Å².